The number of anilines is 1. The highest BCUT2D eigenvalue weighted by molar-refractivity contribution is 6.29. The molecular weight excluding hydrogens is 280 g/mol. The molecule has 1 aliphatic rings. The van der Waals surface area contributed by atoms with Gasteiger partial charge in [-0.25, -0.2) is 4.98 Å². The van der Waals surface area contributed by atoms with Gasteiger partial charge in [-0.1, -0.05) is 24.4 Å². The minimum atomic E-state index is -0.469. The molecule has 0 saturated heterocycles. The maximum absolute atomic E-state index is 10.7. The summed E-state index contributed by atoms with van der Waals surface area (Å²) in [4.78, 5) is 16.6. The highest BCUT2D eigenvalue weighted by Crippen LogP contribution is 2.22. The van der Waals surface area contributed by atoms with Crippen molar-refractivity contribution in [1.29, 1.82) is 0 Å². The van der Waals surface area contributed by atoms with Crippen LogP contribution in [0.3, 0.4) is 0 Å². The van der Waals surface area contributed by atoms with Crippen molar-refractivity contribution in [3.8, 4) is 0 Å². The van der Waals surface area contributed by atoms with E-state index in [2.05, 4.69) is 22.2 Å². The summed E-state index contributed by atoms with van der Waals surface area (Å²) in [5.74, 6) is 0.448. The first-order valence-corrected chi connectivity index (χ1v) is 7.20. The van der Waals surface area contributed by atoms with Crippen LogP contribution < -0.4 is 5.32 Å². The Morgan fingerprint density at radius 2 is 2.20 bits per heavy atom. The van der Waals surface area contributed by atoms with Gasteiger partial charge in [0, 0.05) is 19.1 Å². The molecule has 6 nitrogen and oxygen atoms in total. The van der Waals surface area contributed by atoms with Gasteiger partial charge in [-0.3, -0.25) is 10.1 Å². The van der Waals surface area contributed by atoms with Crippen LogP contribution in [0.15, 0.2) is 12.1 Å². The zero-order valence-corrected chi connectivity index (χ0v) is 12.3. The molecule has 1 aromatic heterocycles. The van der Waals surface area contributed by atoms with Crippen LogP contribution in [0.4, 0.5) is 11.5 Å². The highest BCUT2D eigenvalue weighted by Gasteiger charge is 2.19. The zero-order chi connectivity index (χ0) is 14.5. The minimum absolute atomic E-state index is 0.0448. The summed E-state index contributed by atoms with van der Waals surface area (Å²) in [5.41, 5.74) is -0.0448. The summed E-state index contributed by atoms with van der Waals surface area (Å²) >= 11 is 5.77. The Balaban J connectivity index is 1.85. The lowest BCUT2D eigenvalue weighted by Crippen LogP contribution is -2.33. The van der Waals surface area contributed by atoms with Crippen LogP contribution >= 0.6 is 11.6 Å². The molecule has 110 valence electrons. The van der Waals surface area contributed by atoms with Crippen molar-refractivity contribution in [2.75, 3.05) is 25.5 Å². The Kier molecular flexibility index (Phi) is 5.14. The maximum Gasteiger partial charge on any atom is 0.276 e. The van der Waals surface area contributed by atoms with Crippen molar-refractivity contribution < 1.29 is 4.92 Å². The van der Waals surface area contributed by atoms with Gasteiger partial charge in [0.05, 0.1) is 17.1 Å². The van der Waals surface area contributed by atoms with Crippen molar-refractivity contribution in [1.82, 2.24) is 9.88 Å². The van der Waals surface area contributed by atoms with Crippen molar-refractivity contribution in [3.63, 3.8) is 0 Å². The number of nitrogens with one attached hydrogen (secondary N) is 1. The molecule has 0 spiro atoms. The van der Waals surface area contributed by atoms with Crippen molar-refractivity contribution in [2.24, 2.45) is 0 Å². The third kappa shape index (κ3) is 4.05. The fourth-order valence-electron chi connectivity index (χ4n) is 2.57. The van der Waals surface area contributed by atoms with Crippen LogP contribution in [0.25, 0.3) is 0 Å². The first-order valence-electron chi connectivity index (χ1n) is 6.82. The predicted octanol–water partition coefficient (Wildman–Crippen LogP) is 2.93. The zero-order valence-electron chi connectivity index (χ0n) is 11.5. The Labute approximate surface area is 123 Å². The number of aromatic nitrogens is 1. The number of hydrogen-bond acceptors (Lipinski definition) is 5. The van der Waals surface area contributed by atoms with Crippen LogP contribution in [0.2, 0.25) is 5.15 Å². The number of nitrogens with zero attached hydrogens (tertiary/aromatic N) is 3. The molecule has 1 aliphatic carbocycles. The van der Waals surface area contributed by atoms with Gasteiger partial charge in [-0.2, -0.15) is 0 Å². The molecule has 0 unspecified atom stereocenters. The van der Waals surface area contributed by atoms with E-state index in [9.17, 15) is 10.1 Å². The summed E-state index contributed by atoms with van der Waals surface area (Å²) in [6.45, 7) is 1.57. The average Bonchev–Trinajstić information content (AvgIpc) is 2.91. The van der Waals surface area contributed by atoms with Crippen LogP contribution in [0.1, 0.15) is 25.7 Å². The van der Waals surface area contributed by atoms with Crippen LogP contribution in [0.5, 0.6) is 0 Å². The lowest BCUT2D eigenvalue weighted by Gasteiger charge is -2.24. The van der Waals surface area contributed by atoms with E-state index in [1.165, 1.54) is 37.8 Å². The van der Waals surface area contributed by atoms with E-state index in [0.29, 0.717) is 18.4 Å². The normalized spacial score (nSPS) is 15.8. The van der Waals surface area contributed by atoms with Crippen LogP contribution in [-0.2, 0) is 0 Å². The van der Waals surface area contributed by atoms with Crippen molar-refractivity contribution >= 4 is 23.1 Å². The lowest BCUT2D eigenvalue weighted by molar-refractivity contribution is -0.384. The molecule has 0 aliphatic heterocycles. The molecule has 1 N–H and O–H groups in total. The van der Waals surface area contributed by atoms with Crippen molar-refractivity contribution in [2.45, 2.75) is 31.7 Å². The Morgan fingerprint density at radius 1 is 1.50 bits per heavy atom. The minimum Gasteiger partial charge on any atom is -0.369 e. The van der Waals surface area contributed by atoms with Gasteiger partial charge in [-0.05, 0) is 19.9 Å². The fourth-order valence-corrected chi connectivity index (χ4v) is 2.77. The second kappa shape index (κ2) is 6.85. The summed E-state index contributed by atoms with van der Waals surface area (Å²) < 4.78 is 0. The highest BCUT2D eigenvalue weighted by atomic mass is 35.5. The molecule has 7 heteroatoms. The first kappa shape index (κ1) is 15.0. The van der Waals surface area contributed by atoms with Gasteiger partial charge in [0.2, 0.25) is 0 Å². The number of rotatable bonds is 6. The van der Waals surface area contributed by atoms with E-state index in [0.717, 1.165) is 6.54 Å². The first-order chi connectivity index (χ1) is 9.56. The van der Waals surface area contributed by atoms with E-state index >= 15 is 0 Å². The molecule has 1 aromatic rings. The number of likely N-dealkylation sites (N-methyl/N-ethyl adjacent to an activating group) is 1. The van der Waals surface area contributed by atoms with E-state index in [1.807, 2.05) is 0 Å². The van der Waals surface area contributed by atoms with E-state index < -0.39 is 4.92 Å². The summed E-state index contributed by atoms with van der Waals surface area (Å²) in [7, 11) is 2.12. The largest absolute Gasteiger partial charge is 0.369 e. The third-order valence-corrected chi connectivity index (χ3v) is 3.90. The molecule has 1 fully saturated rings. The van der Waals surface area contributed by atoms with E-state index in [1.54, 1.807) is 0 Å². The fraction of sp³-hybridized carbons (Fsp3) is 0.615. The summed E-state index contributed by atoms with van der Waals surface area (Å²) in [6.07, 6.45) is 5.14. The van der Waals surface area contributed by atoms with Crippen molar-refractivity contribution in [3.05, 3.63) is 27.4 Å². The smallest absolute Gasteiger partial charge is 0.276 e. The van der Waals surface area contributed by atoms with Gasteiger partial charge in [-0.15, -0.1) is 0 Å². The Bertz CT molecular complexity index is 477. The second-order valence-electron chi connectivity index (χ2n) is 5.14. The summed E-state index contributed by atoms with van der Waals surface area (Å²) in [6, 6.07) is 3.32. The lowest BCUT2D eigenvalue weighted by atomic mass is 10.2. The number of pyridine rings is 1. The third-order valence-electron chi connectivity index (χ3n) is 3.71. The maximum atomic E-state index is 10.7. The molecule has 0 radical (unpaired) electrons. The number of hydrogen-bond donors (Lipinski definition) is 1. The Morgan fingerprint density at radius 3 is 2.85 bits per heavy atom. The SMILES string of the molecule is CN(CCNc1cc([N+](=O)[O-])cc(Cl)n1)C1CCCC1. The van der Waals surface area contributed by atoms with Gasteiger partial charge in [0.1, 0.15) is 11.0 Å². The monoisotopic (exact) mass is 298 g/mol. The average molecular weight is 299 g/mol. The van der Waals surface area contributed by atoms with E-state index in [-0.39, 0.29) is 10.8 Å². The molecule has 0 amide bonds. The molecule has 1 heterocycles. The van der Waals surface area contributed by atoms with Gasteiger partial charge < -0.3 is 10.2 Å². The quantitative estimate of drug-likeness (QED) is 0.497. The topological polar surface area (TPSA) is 71.3 Å². The molecule has 2 rings (SSSR count). The molecule has 0 aromatic carbocycles. The van der Waals surface area contributed by atoms with Gasteiger partial charge in [0.15, 0.2) is 0 Å². The molecular formula is C13H19ClN4O2. The van der Waals surface area contributed by atoms with Gasteiger partial charge in [0.25, 0.3) is 5.69 Å². The second-order valence-corrected chi connectivity index (χ2v) is 5.52. The molecule has 0 atom stereocenters. The molecule has 1 saturated carbocycles. The molecule has 20 heavy (non-hydrogen) atoms. The standard InChI is InChI=1S/C13H19ClN4O2/c1-17(10-4-2-3-5-10)7-6-15-13-9-11(18(19)20)8-12(14)16-13/h8-10H,2-7H2,1H3,(H,15,16). The Hall–Kier alpha value is -1.40. The molecule has 0 bridgehead atoms. The number of halogens is 1. The van der Waals surface area contributed by atoms with E-state index in [4.69, 9.17) is 11.6 Å². The summed E-state index contributed by atoms with van der Waals surface area (Å²) in [5, 5.41) is 14.0. The number of nitro groups is 1. The predicted molar refractivity (Wildman–Crippen MR) is 79.3 cm³/mol. The van der Waals surface area contributed by atoms with Crippen LogP contribution in [0, 0.1) is 10.1 Å². The van der Waals surface area contributed by atoms with Crippen LogP contribution in [-0.4, -0.2) is 41.0 Å². The van der Waals surface area contributed by atoms with Gasteiger partial charge >= 0.3 is 0 Å².